The molecule has 1 aromatic carbocycles. The van der Waals surface area contributed by atoms with E-state index in [0.29, 0.717) is 22.3 Å². The van der Waals surface area contributed by atoms with Crippen molar-refractivity contribution in [2.45, 2.75) is 6.10 Å². The molecule has 0 spiro atoms. The number of fused-ring (bicyclic) bond motifs is 1. The molecular formula is C13H11FN2O2. The minimum absolute atomic E-state index is 0.328. The highest BCUT2D eigenvalue weighted by Gasteiger charge is 2.17. The van der Waals surface area contributed by atoms with Crippen molar-refractivity contribution < 1.29 is 13.9 Å². The van der Waals surface area contributed by atoms with Gasteiger partial charge in [0.15, 0.2) is 0 Å². The number of aromatic nitrogens is 2. The third kappa shape index (κ3) is 1.78. The van der Waals surface area contributed by atoms with Gasteiger partial charge < -0.3 is 9.52 Å². The maximum absolute atomic E-state index is 13.1. The predicted molar refractivity (Wildman–Crippen MR) is 63.4 cm³/mol. The average molecular weight is 246 g/mol. The molecule has 2 heterocycles. The molecule has 0 aliphatic carbocycles. The van der Waals surface area contributed by atoms with Crippen molar-refractivity contribution in [2.24, 2.45) is 7.05 Å². The topological polar surface area (TPSA) is 51.2 Å². The molecule has 0 radical (unpaired) electrons. The standard InChI is InChI=1S/C13H11FN2O2/c1-16-7-9(6-15-16)13(17)12-5-8-4-10(14)2-3-11(8)18-12/h2-7,13,17H,1H3. The second kappa shape index (κ2) is 3.96. The molecule has 0 saturated heterocycles. The van der Waals surface area contributed by atoms with Crippen molar-refractivity contribution in [2.75, 3.05) is 0 Å². The van der Waals surface area contributed by atoms with Crippen molar-refractivity contribution in [3.63, 3.8) is 0 Å². The molecule has 1 N–H and O–H groups in total. The Balaban J connectivity index is 2.03. The fourth-order valence-corrected chi connectivity index (χ4v) is 1.92. The van der Waals surface area contributed by atoms with E-state index in [-0.39, 0.29) is 5.82 Å². The number of benzene rings is 1. The maximum Gasteiger partial charge on any atom is 0.140 e. The average Bonchev–Trinajstić information content (AvgIpc) is 2.93. The van der Waals surface area contributed by atoms with Crippen LogP contribution in [0, 0.1) is 5.82 Å². The first-order valence-corrected chi connectivity index (χ1v) is 5.49. The van der Waals surface area contributed by atoms with Gasteiger partial charge in [-0.2, -0.15) is 5.10 Å². The summed E-state index contributed by atoms with van der Waals surface area (Å²) in [7, 11) is 1.77. The van der Waals surface area contributed by atoms with Crippen molar-refractivity contribution >= 4 is 11.0 Å². The van der Waals surface area contributed by atoms with Crippen molar-refractivity contribution in [1.82, 2.24) is 9.78 Å². The molecule has 0 aliphatic heterocycles. The summed E-state index contributed by atoms with van der Waals surface area (Å²) in [4.78, 5) is 0. The van der Waals surface area contributed by atoms with E-state index >= 15 is 0 Å². The van der Waals surface area contributed by atoms with Gasteiger partial charge in [-0.25, -0.2) is 4.39 Å². The van der Waals surface area contributed by atoms with Crippen molar-refractivity contribution in [1.29, 1.82) is 0 Å². The van der Waals surface area contributed by atoms with Crippen molar-refractivity contribution in [3.8, 4) is 0 Å². The second-order valence-electron chi connectivity index (χ2n) is 4.18. The Morgan fingerprint density at radius 3 is 2.94 bits per heavy atom. The summed E-state index contributed by atoms with van der Waals surface area (Å²) in [5.74, 6) is 0.0503. The third-order valence-corrected chi connectivity index (χ3v) is 2.81. The van der Waals surface area contributed by atoms with Gasteiger partial charge in [0.25, 0.3) is 0 Å². The SMILES string of the molecule is Cn1cc(C(O)c2cc3cc(F)ccc3o2)cn1. The number of rotatable bonds is 2. The van der Waals surface area contributed by atoms with Gasteiger partial charge in [-0.3, -0.25) is 4.68 Å². The smallest absolute Gasteiger partial charge is 0.140 e. The number of hydrogen-bond donors (Lipinski definition) is 1. The van der Waals surface area contributed by atoms with Crippen LogP contribution in [-0.4, -0.2) is 14.9 Å². The van der Waals surface area contributed by atoms with Crippen molar-refractivity contribution in [3.05, 3.63) is 53.8 Å². The van der Waals surface area contributed by atoms with Crippen LogP contribution in [0.2, 0.25) is 0 Å². The first kappa shape index (κ1) is 11.0. The number of aliphatic hydroxyl groups excluding tert-OH is 1. The lowest BCUT2D eigenvalue weighted by atomic mass is 10.1. The Morgan fingerprint density at radius 2 is 2.22 bits per heavy atom. The fraction of sp³-hybridized carbons (Fsp3) is 0.154. The molecule has 1 unspecified atom stereocenters. The number of aryl methyl sites for hydroxylation is 1. The lowest BCUT2D eigenvalue weighted by Crippen LogP contribution is -1.96. The predicted octanol–water partition coefficient (Wildman–Crippen LogP) is 2.39. The zero-order valence-electron chi connectivity index (χ0n) is 9.67. The molecule has 3 aromatic rings. The quantitative estimate of drug-likeness (QED) is 0.755. The lowest BCUT2D eigenvalue weighted by molar-refractivity contribution is 0.192. The molecule has 3 rings (SSSR count). The molecule has 0 amide bonds. The third-order valence-electron chi connectivity index (χ3n) is 2.81. The van der Waals surface area contributed by atoms with E-state index in [1.807, 2.05) is 0 Å². The molecule has 5 heteroatoms. The Hall–Kier alpha value is -2.14. The molecule has 0 fully saturated rings. The number of furan rings is 1. The summed E-state index contributed by atoms with van der Waals surface area (Å²) in [6, 6.07) is 5.88. The van der Waals surface area contributed by atoms with E-state index in [0.717, 1.165) is 0 Å². The first-order chi connectivity index (χ1) is 8.63. The second-order valence-corrected chi connectivity index (χ2v) is 4.18. The summed E-state index contributed by atoms with van der Waals surface area (Å²) in [5.41, 5.74) is 1.19. The van der Waals surface area contributed by atoms with Gasteiger partial charge in [0.05, 0.1) is 6.20 Å². The largest absolute Gasteiger partial charge is 0.458 e. The number of nitrogens with zero attached hydrogens (tertiary/aromatic N) is 2. The first-order valence-electron chi connectivity index (χ1n) is 5.49. The van der Waals surface area contributed by atoms with Gasteiger partial charge in [-0.1, -0.05) is 0 Å². The molecule has 4 nitrogen and oxygen atoms in total. The van der Waals surface area contributed by atoms with Crippen LogP contribution in [0.4, 0.5) is 4.39 Å². The Morgan fingerprint density at radius 1 is 1.39 bits per heavy atom. The molecule has 2 aromatic heterocycles. The van der Waals surface area contributed by atoms with Gasteiger partial charge in [0, 0.05) is 24.2 Å². The lowest BCUT2D eigenvalue weighted by Gasteiger charge is -2.03. The van der Waals surface area contributed by atoms with Crippen LogP contribution in [0.5, 0.6) is 0 Å². The summed E-state index contributed by atoms with van der Waals surface area (Å²) in [5, 5.41) is 14.8. The van der Waals surface area contributed by atoms with E-state index in [1.165, 1.54) is 12.1 Å². The zero-order chi connectivity index (χ0) is 12.7. The zero-order valence-corrected chi connectivity index (χ0v) is 9.67. The number of hydrogen-bond acceptors (Lipinski definition) is 3. The van der Waals surface area contributed by atoms with Crippen LogP contribution in [0.3, 0.4) is 0 Å². The molecule has 92 valence electrons. The normalized spacial score (nSPS) is 13.1. The number of aliphatic hydroxyl groups is 1. The van der Waals surface area contributed by atoms with Gasteiger partial charge in [-0.05, 0) is 24.3 Å². The van der Waals surface area contributed by atoms with E-state index in [4.69, 9.17) is 4.42 Å². The van der Waals surface area contributed by atoms with Crippen LogP contribution >= 0.6 is 0 Å². The highest BCUT2D eigenvalue weighted by atomic mass is 19.1. The minimum Gasteiger partial charge on any atom is -0.458 e. The van der Waals surface area contributed by atoms with E-state index in [1.54, 1.807) is 36.3 Å². The maximum atomic E-state index is 13.1. The summed E-state index contributed by atoms with van der Waals surface area (Å²) >= 11 is 0. The molecule has 0 bridgehead atoms. The van der Waals surface area contributed by atoms with Gasteiger partial charge >= 0.3 is 0 Å². The summed E-state index contributed by atoms with van der Waals surface area (Å²) in [6.07, 6.45) is 2.38. The van der Waals surface area contributed by atoms with Crippen LogP contribution < -0.4 is 0 Å². The van der Waals surface area contributed by atoms with E-state index in [9.17, 15) is 9.50 Å². The Kier molecular flexibility index (Phi) is 2.41. The molecular weight excluding hydrogens is 235 g/mol. The van der Waals surface area contributed by atoms with E-state index in [2.05, 4.69) is 5.10 Å². The van der Waals surface area contributed by atoms with Crippen LogP contribution in [0.25, 0.3) is 11.0 Å². The molecule has 0 aliphatic rings. The number of halogens is 1. The highest BCUT2D eigenvalue weighted by Crippen LogP contribution is 2.28. The van der Waals surface area contributed by atoms with E-state index < -0.39 is 6.10 Å². The fourth-order valence-electron chi connectivity index (χ4n) is 1.92. The van der Waals surface area contributed by atoms with Gasteiger partial charge in [0.1, 0.15) is 23.3 Å². The summed E-state index contributed by atoms with van der Waals surface area (Å²) in [6.45, 7) is 0. The molecule has 18 heavy (non-hydrogen) atoms. The highest BCUT2D eigenvalue weighted by molar-refractivity contribution is 5.78. The van der Waals surface area contributed by atoms with Gasteiger partial charge in [0.2, 0.25) is 0 Å². The minimum atomic E-state index is -0.894. The van der Waals surface area contributed by atoms with Gasteiger partial charge in [-0.15, -0.1) is 0 Å². The Bertz CT molecular complexity index is 702. The van der Waals surface area contributed by atoms with Crippen LogP contribution in [-0.2, 0) is 7.05 Å². The molecule has 0 saturated carbocycles. The molecule has 1 atom stereocenters. The monoisotopic (exact) mass is 246 g/mol. The Labute approximate surface area is 102 Å². The summed E-state index contributed by atoms with van der Waals surface area (Å²) < 4.78 is 20.1. The van der Waals surface area contributed by atoms with Crippen LogP contribution in [0.15, 0.2) is 41.1 Å². The van der Waals surface area contributed by atoms with Crippen LogP contribution in [0.1, 0.15) is 17.4 Å².